The van der Waals surface area contributed by atoms with Crippen LogP contribution in [0.1, 0.15) is 16.2 Å². The lowest BCUT2D eigenvalue weighted by Gasteiger charge is -2.08. The van der Waals surface area contributed by atoms with Gasteiger partial charge in [0, 0.05) is 25.1 Å². The second-order valence-corrected chi connectivity index (χ2v) is 7.85. The highest BCUT2D eigenvalue weighted by Gasteiger charge is 2.40. The molecule has 0 atom stereocenters. The fraction of sp³-hybridized carbons (Fsp3) is 0.125. The van der Waals surface area contributed by atoms with Crippen LogP contribution in [0.3, 0.4) is 0 Å². The van der Waals surface area contributed by atoms with E-state index in [9.17, 15) is 26.4 Å². The first-order valence-electron chi connectivity index (χ1n) is 8.00. The van der Waals surface area contributed by atoms with E-state index in [-0.39, 0.29) is 16.5 Å². The predicted octanol–water partition coefficient (Wildman–Crippen LogP) is 2.94. The van der Waals surface area contributed by atoms with Crippen LogP contribution in [-0.2, 0) is 23.2 Å². The number of alkyl halides is 3. The number of benzene rings is 1. The van der Waals surface area contributed by atoms with E-state index in [0.29, 0.717) is 4.68 Å². The SMILES string of the molecule is Cn1nc(C(=O)Nc2ccc(S(=O)(=O)Nc3ncccn3)cc2)c(Cl)c1C(F)(F)F. The number of nitrogens with zero attached hydrogens (tertiary/aromatic N) is 4. The number of hydrogen-bond donors (Lipinski definition) is 2. The van der Waals surface area contributed by atoms with Gasteiger partial charge < -0.3 is 5.32 Å². The van der Waals surface area contributed by atoms with Gasteiger partial charge in [0.25, 0.3) is 15.9 Å². The maximum Gasteiger partial charge on any atom is 0.434 e. The van der Waals surface area contributed by atoms with Gasteiger partial charge >= 0.3 is 6.18 Å². The zero-order valence-electron chi connectivity index (χ0n) is 15.0. The van der Waals surface area contributed by atoms with Crippen LogP contribution in [-0.4, -0.2) is 34.1 Å². The number of hydrogen-bond acceptors (Lipinski definition) is 6. The summed E-state index contributed by atoms with van der Waals surface area (Å²) in [6.45, 7) is 0. The number of carbonyl (C=O) groups excluding carboxylic acids is 1. The lowest BCUT2D eigenvalue weighted by atomic mass is 10.3. The van der Waals surface area contributed by atoms with Crippen molar-refractivity contribution in [1.82, 2.24) is 19.7 Å². The number of carbonyl (C=O) groups is 1. The Morgan fingerprint density at radius 1 is 1.13 bits per heavy atom. The van der Waals surface area contributed by atoms with Crippen molar-refractivity contribution in [1.29, 1.82) is 0 Å². The minimum Gasteiger partial charge on any atom is -0.321 e. The fourth-order valence-corrected chi connectivity index (χ4v) is 3.70. The van der Waals surface area contributed by atoms with Crippen molar-refractivity contribution < 1.29 is 26.4 Å². The maximum atomic E-state index is 13.0. The van der Waals surface area contributed by atoms with Crippen LogP contribution in [0.25, 0.3) is 0 Å². The molecular weight excluding hydrogens is 449 g/mol. The molecule has 0 bridgehead atoms. The largest absolute Gasteiger partial charge is 0.434 e. The lowest BCUT2D eigenvalue weighted by molar-refractivity contribution is -0.143. The second-order valence-electron chi connectivity index (χ2n) is 5.79. The van der Waals surface area contributed by atoms with Crippen molar-refractivity contribution >= 4 is 39.2 Å². The zero-order chi connectivity index (χ0) is 22.1. The van der Waals surface area contributed by atoms with E-state index < -0.39 is 38.5 Å². The normalized spacial score (nSPS) is 11.9. The summed E-state index contributed by atoms with van der Waals surface area (Å²) in [6.07, 6.45) is -2.07. The first kappa shape index (κ1) is 21.5. The predicted molar refractivity (Wildman–Crippen MR) is 100 cm³/mol. The first-order chi connectivity index (χ1) is 14.0. The van der Waals surface area contributed by atoms with E-state index in [2.05, 4.69) is 25.1 Å². The average Bonchev–Trinajstić information content (AvgIpc) is 2.97. The molecule has 3 aromatic rings. The highest BCUT2D eigenvalue weighted by atomic mass is 35.5. The Labute approximate surface area is 173 Å². The van der Waals surface area contributed by atoms with E-state index in [1.54, 1.807) is 0 Å². The molecular formula is C16H12ClF3N6O3S. The number of rotatable bonds is 5. The molecule has 1 aromatic carbocycles. The van der Waals surface area contributed by atoms with Crippen LogP contribution in [0.2, 0.25) is 5.02 Å². The van der Waals surface area contributed by atoms with Gasteiger partial charge in [0.15, 0.2) is 11.4 Å². The van der Waals surface area contributed by atoms with Gasteiger partial charge in [0.05, 0.1) is 4.90 Å². The number of aromatic nitrogens is 4. The Balaban J connectivity index is 1.77. The lowest BCUT2D eigenvalue weighted by Crippen LogP contribution is -2.16. The van der Waals surface area contributed by atoms with E-state index in [1.807, 2.05) is 0 Å². The van der Waals surface area contributed by atoms with Crippen LogP contribution in [0.15, 0.2) is 47.6 Å². The summed E-state index contributed by atoms with van der Waals surface area (Å²) < 4.78 is 66.2. The summed E-state index contributed by atoms with van der Waals surface area (Å²) in [5.74, 6) is -1.11. The molecule has 0 radical (unpaired) electrons. The van der Waals surface area contributed by atoms with Crippen LogP contribution in [0, 0.1) is 0 Å². The van der Waals surface area contributed by atoms with Crippen LogP contribution in [0.5, 0.6) is 0 Å². The van der Waals surface area contributed by atoms with Gasteiger partial charge in [-0.05, 0) is 30.3 Å². The number of anilines is 2. The van der Waals surface area contributed by atoms with Crippen molar-refractivity contribution in [2.45, 2.75) is 11.1 Å². The summed E-state index contributed by atoms with van der Waals surface area (Å²) in [7, 11) is -2.98. The van der Waals surface area contributed by atoms with Crippen molar-refractivity contribution in [3.8, 4) is 0 Å². The Hall–Kier alpha value is -3.19. The molecule has 0 spiro atoms. The van der Waals surface area contributed by atoms with Crippen molar-refractivity contribution in [2.75, 3.05) is 10.0 Å². The highest BCUT2D eigenvalue weighted by molar-refractivity contribution is 7.92. The third-order valence-corrected chi connectivity index (χ3v) is 5.39. The number of amides is 1. The summed E-state index contributed by atoms with van der Waals surface area (Å²) in [5, 5.41) is 4.98. The molecule has 30 heavy (non-hydrogen) atoms. The van der Waals surface area contributed by atoms with Crippen LogP contribution in [0.4, 0.5) is 24.8 Å². The quantitative estimate of drug-likeness (QED) is 0.604. The van der Waals surface area contributed by atoms with Crippen LogP contribution < -0.4 is 10.0 Å². The van der Waals surface area contributed by atoms with Gasteiger partial charge in [-0.25, -0.2) is 23.1 Å². The third-order valence-electron chi connectivity index (χ3n) is 3.69. The molecule has 0 aliphatic rings. The topological polar surface area (TPSA) is 119 Å². The molecule has 2 N–H and O–H groups in total. The van der Waals surface area contributed by atoms with Crippen molar-refractivity contribution in [3.63, 3.8) is 0 Å². The summed E-state index contributed by atoms with van der Waals surface area (Å²) >= 11 is 5.67. The Kier molecular flexibility index (Phi) is 5.67. The summed E-state index contributed by atoms with van der Waals surface area (Å²) in [6, 6.07) is 6.38. The molecule has 0 unspecified atom stereocenters. The molecule has 0 saturated carbocycles. The van der Waals surface area contributed by atoms with Crippen LogP contribution >= 0.6 is 11.6 Å². The van der Waals surface area contributed by atoms with Crippen molar-refractivity contribution in [2.24, 2.45) is 7.05 Å². The number of aryl methyl sites for hydroxylation is 1. The molecule has 0 saturated heterocycles. The molecule has 1 amide bonds. The maximum absolute atomic E-state index is 13.0. The molecule has 0 fully saturated rings. The number of halogens is 4. The molecule has 158 valence electrons. The van der Waals surface area contributed by atoms with E-state index >= 15 is 0 Å². The first-order valence-corrected chi connectivity index (χ1v) is 9.86. The number of nitrogens with one attached hydrogen (secondary N) is 2. The van der Waals surface area contributed by atoms with Gasteiger partial charge in [0.2, 0.25) is 5.95 Å². The number of sulfonamides is 1. The summed E-state index contributed by atoms with van der Waals surface area (Å²) in [4.78, 5) is 19.6. The second kappa shape index (κ2) is 7.91. The molecule has 0 aliphatic carbocycles. The van der Waals surface area contributed by atoms with Gasteiger partial charge in [-0.1, -0.05) is 11.6 Å². The third kappa shape index (κ3) is 4.52. The Bertz CT molecular complexity index is 1180. The monoisotopic (exact) mass is 460 g/mol. The molecule has 2 aromatic heterocycles. The van der Waals surface area contributed by atoms with E-state index in [4.69, 9.17) is 11.6 Å². The smallest absolute Gasteiger partial charge is 0.321 e. The molecule has 0 aliphatic heterocycles. The standard InChI is InChI=1S/C16H12ClF3N6O3S/c1-26-13(16(18,19)20)11(17)12(24-26)14(27)23-9-3-5-10(6-4-9)30(28,29)25-15-21-7-2-8-22-15/h2-8H,1H3,(H,23,27)(H,21,22,25). The van der Waals surface area contributed by atoms with Gasteiger partial charge in [-0.15, -0.1) is 0 Å². The van der Waals surface area contributed by atoms with Gasteiger partial charge in [-0.3, -0.25) is 9.48 Å². The zero-order valence-corrected chi connectivity index (χ0v) is 16.5. The average molecular weight is 461 g/mol. The minimum atomic E-state index is -4.79. The fourth-order valence-electron chi connectivity index (χ4n) is 2.39. The highest BCUT2D eigenvalue weighted by Crippen LogP contribution is 2.36. The van der Waals surface area contributed by atoms with Gasteiger partial charge in [-0.2, -0.15) is 18.3 Å². The van der Waals surface area contributed by atoms with E-state index in [0.717, 1.165) is 7.05 Å². The Morgan fingerprint density at radius 3 is 2.27 bits per heavy atom. The van der Waals surface area contributed by atoms with Crippen molar-refractivity contribution in [3.05, 3.63) is 59.1 Å². The Morgan fingerprint density at radius 2 is 1.73 bits per heavy atom. The summed E-state index contributed by atoms with van der Waals surface area (Å²) in [5.41, 5.74) is -1.76. The van der Waals surface area contributed by atoms with E-state index in [1.165, 1.54) is 42.7 Å². The molecule has 2 heterocycles. The van der Waals surface area contributed by atoms with Gasteiger partial charge in [0.1, 0.15) is 5.02 Å². The minimum absolute atomic E-state index is 0.116. The molecule has 14 heteroatoms. The molecule has 9 nitrogen and oxygen atoms in total. The molecule has 3 rings (SSSR count).